The second-order valence-corrected chi connectivity index (χ2v) is 6.68. The van der Waals surface area contributed by atoms with Crippen molar-refractivity contribution in [2.45, 2.75) is 25.4 Å². The van der Waals surface area contributed by atoms with Gasteiger partial charge in [-0.3, -0.25) is 4.79 Å². The summed E-state index contributed by atoms with van der Waals surface area (Å²) in [5, 5.41) is -0.396. The van der Waals surface area contributed by atoms with Crippen molar-refractivity contribution in [2.75, 3.05) is 0 Å². The molecule has 0 heterocycles. The average Bonchev–Trinajstić information content (AvgIpc) is 2.17. The summed E-state index contributed by atoms with van der Waals surface area (Å²) in [6.45, 7) is 3.95. The molecule has 0 radical (unpaired) electrons. The molecule has 0 N–H and O–H groups in total. The lowest BCUT2D eigenvalue weighted by Crippen LogP contribution is -2.27. The molecule has 4 heteroatoms. The smallest absolute Gasteiger partial charge is 0.174 e. The fourth-order valence-corrected chi connectivity index (χ4v) is 2.66. The third kappa shape index (κ3) is 2.89. The SMILES string of the molecule is CCC(C)(P)C(=O)c1c(Br)cccc1Br. The highest BCUT2D eigenvalue weighted by Crippen LogP contribution is 2.33. The van der Waals surface area contributed by atoms with Crippen LogP contribution in [0, 0.1) is 0 Å². The summed E-state index contributed by atoms with van der Waals surface area (Å²) in [6.07, 6.45) is 0.796. The van der Waals surface area contributed by atoms with Crippen LogP contribution < -0.4 is 0 Å². The molecular weight excluding hydrogens is 339 g/mol. The molecule has 2 unspecified atom stereocenters. The fraction of sp³-hybridized carbons (Fsp3) is 0.364. The summed E-state index contributed by atoms with van der Waals surface area (Å²) in [5.74, 6) is 0.134. The first-order valence-corrected chi connectivity index (χ1v) is 6.84. The molecule has 1 nitrogen and oxygen atoms in total. The molecule has 0 bridgehead atoms. The van der Waals surface area contributed by atoms with Gasteiger partial charge < -0.3 is 0 Å². The van der Waals surface area contributed by atoms with Gasteiger partial charge in [-0.05, 0) is 25.5 Å². The molecular formula is C11H13Br2OP. The molecule has 15 heavy (non-hydrogen) atoms. The van der Waals surface area contributed by atoms with Crippen LogP contribution in [0.5, 0.6) is 0 Å². The van der Waals surface area contributed by atoms with Crippen molar-refractivity contribution in [3.8, 4) is 0 Å². The van der Waals surface area contributed by atoms with E-state index in [1.807, 2.05) is 32.0 Å². The molecule has 0 aliphatic rings. The quantitative estimate of drug-likeness (QED) is 0.581. The molecule has 1 aromatic carbocycles. The molecule has 0 aliphatic carbocycles. The number of hydrogen-bond acceptors (Lipinski definition) is 1. The molecule has 0 aliphatic heterocycles. The van der Waals surface area contributed by atoms with Crippen LogP contribution in [0.4, 0.5) is 0 Å². The molecule has 2 atom stereocenters. The number of rotatable bonds is 3. The highest BCUT2D eigenvalue weighted by atomic mass is 79.9. The Kier molecular flexibility index (Phi) is 4.51. The van der Waals surface area contributed by atoms with Crippen LogP contribution >= 0.6 is 41.1 Å². The molecule has 1 rings (SSSR count). The number of carbonyl (C=O) groups is 1. The van der Waals surface area contributed by atoms with Crippen LogP contribution in [0.1, 0.15) is 30.6 Å². The second kappa shape index (κ2) is 5.07. The molecule has 0 spiro atoms. The summed E-state index contributed by atoms with van der Waals surface area (Å²) in [6, 6.07) is 5.67. The lowest BCUT2D eigenvalue weighted by atomic mass is 9.96. The first-order valence-electron chi connectivity index (χ1n) is 4.68. The van der Waals surface area contributed by atoms with E-state index in [-0.39, 0.29) is 5.78 Å². The van der Waals surface area contributed by atoms with Crippen LogP contribution in [0.2, 0.25) is 0 Å². The standard InChI is InChI=1S/C11H13Br2OP/c1-3-11(2,15)10(14)9-7(12)5-4-6-8(9)13/h4-6H,3,15H2,1-2H3. The minimum atomic E-state index is -0.396. The van der Waals surface area contributed by atoms with Gasteiger partial charge in [-0.25, -0.2) is 0 Å². The van der Waals surface area contributed by atoms with Crippen molar-refractivity contribution in [1.82, 2.24) is 0 Å². The van der Waals surface area contributed by atoms with E-state index >= 15 is 0 Å². The summed E-state index contributed by atoms with van der Waals surface area (Å²) in [5.41, 5.74) is 0.719. The van der Waals surface area contributed by atoms with Crippen LogP contribution in [0.3, 0.4) is 0 Å². The number of halogens is 2. The van der Waals surface area contributed by atoms with Crippen LogP contribution in [-0.2, 0) is 0 Å². The van der Waals surface area contributed by atoms with E-state index in [9.17, 15) is 4.79 Å². The normalized spacial score (nSPS) is 14.7. The highest BCUT2D eigenvalue weighted by Gasteiger charge is 2.29. The summed E-state index contributed by atoms with van der Waals surface area (Å²) in [4.78, 5) is 12.3. The number of ketones is 1. The fourth-order valence-electron chi connectivity index (χ4n) is 1.16. The Balaban J connectivity index is 3.23. The van der Waals surface area contributed by atoms with Gasteiger partial charge in [0.25, 0.3) is 0 Å². The Bertz CT molecular complexity index is 368. The van der Waals surface area contributed by atoms with Crippen molar-refractivity contribution in [1.29, 1.82) is 0 Å². The van der Waals surface area contributed by atoms with E-state index in [1.165, 1.54) is 0 Å². The van der Waals surface area contributed by atoms with E-state index < -0.39 is 5.16 Å². The number of hydrogen-bond donors (Lipinski definition) is 0. The van der Waals surface area contributed by atoms with E-state index in [1.54, 1.807) is 0 Å². The largest absolute Gasteiger partial charge is 0.293 e. The maximum Gasteiger partial charge on any atom is 0.174 e. The minimum absolute atomic E-state index is 0.134. The zero-order valence-electron chi connectivity index (χ0n) is 8.68. The van der Waals surface area contributed by atoms with Crippen molar-refractivity contribution in [2.24, 2.45) is 0 Å². The van der Waals surface area contributed by atoms with Gasteiger partial charge >= 0.3 is 0 Å². The van der Waals surface area contributed by atoms with E-state index in [4.69, 9.17) is 0 Å². The predicted molar refractivity (Wildman–Crippen MR) is 74.6 cm³/mol. The minimum Gasteiger partial charge on any atom is -0.293 e. The van der Waals surface area contributed by atoms with Gasteiger partial charge in [0.2, 0.25) is 0 Å². The lowest BCUT2D eigenvalue weighted by Gasteiger charge is -2.22. The van der Waals surface area contributed by atoms with Gasteiger partial charge in [-0.2, -0.15) is 0 Å². The maximum atomic E-state index is 12.3. The average molecular weight is 352 g/mol. The highest BCUT2D eigenvalue weighted by molar-refractivity contribution is 9.11. The third-order valence-corrected chi connectivity index (χ3v) is 4.44. The lowest BCUT2D eigenvalue weighted by molar-refractivity contribution is 0.0946. The van der Waals surface area contributed by atoms with E-state index in [2.05, 4.69) is 41.1 Å². The Morgan fingerprint density at radius 3 is 2.27 bits per heavy atom. The van der Waals surface area contributed by atoms with Gasteiger partial charge in [0.05, 0.1) is 0 Å². The predicted octanol–water partition coefficient (Wildman–Crippen LogP) is 4.44. The van der Waals surface area contributed by atoms with E-state index in [0.717, 1.165) is 20.9 Å². The Labute approximate surface area is 109 Å². The Morgan fingerprint density at radius 2 is 1.87 bits per heavy atom. The molecule has 0 saturated carbocycles. The van der Waals surface area contributed by atoms with Gasteiger partial charge in [0.1, 0.15) is 0 Å². The monoisotopic (exact) mass is 350 g/mol. The Morgan fingerprint density at radius 1 is 1.40 bits per heavy atom. The Hall–Kier alpha value is 0.280. The van der Waals surface area contributed by atoms with Crippen molar-refractivity contribution < 1.29 is 4.79 Å². The molecule has 0 fully saturated rings. The number of carbonyl (C=O) groups excluding carboxylic acids is 1. The first kappa shape index (κ1) is 13.3. The third-order valence-electron chi connectivity index (χ3n) is 2.44. The summed E-state index contributed by atoms with van der Waals surface area (Å²) in [7, 11) is 2.63. The van der Waals surface area contributed by atoms with Gasteiger partial charge in [-0.15, -0.1) is 9.24 Å². The summed E-state index contributed by atoms with van der Waals surface area (Å²) >= 11 is 6.82. The van der Waals surface area contributed by atoms with Crippen molar-refractivity contribution in [3.05, 3.63) is 32.7 Å². The molecule has 1 aromatic rings. The van der Waals surface area contributed by atoms with Crippen LogP contribution in [0.15, 0.2) is 27.1 Å². The van der Waals surface area contributed by atoms with Crippen LogP contribution in [-0.4, -0.2) is 10.9 Å². The summed E-state index contributed by atoms with van der Waals surface area (Å²) < 4.78 is 1.67. The van der Waals surface area contributed by atoms with Gasteiger partial charge in [0.15, 0.2) is 5.78 Å². The maximum absolute atomic E-state index is 12.3. The van der Waals surface area contributed by atoms with Gasteiger partial charge in [0, 0.05) is 19.7 Å². The zero-order chi connectivity index (χ0) is 11.6. The van der Waals surface area contributed by atoms with Crippen molar-refractivity contribution in [3.63, 3.8) is 0 Å². The molecule has 82 valence electrons. The van der Waals surface area contributed by atoms with Crippen molar-refractivity contribution >= 4 is 46.9 Å². The first-order chi connectivity index (χ1) is 6.90. The van der Waals surface area contributed by atoms with Crippen LogP contribution in [0.25, 0.3) is 0 Å². The zero-order valence-corrected chi connectivity index (χ0v) is 13.0. The number of benzene rings is 1. The number of Topliss-reactive ketones (excluding diaryl/α,β-unsaturated/α-hetero) is 1. The van der Waals surface area contributed by atoms with E-state index in [0.29, 0.717) is 0 Å². The van der Waals surface area contributed by atoms with Gasteiger partial charge in [-0.1, -0.05) is 44.8 Å². The topological polar surface area (TPSA) is 17.1 Å². The molecule has 0 saturated heterocycles. The molecule has 0 aromatic heterocycles. The second-order valence-electron chi connectivity index (χ2n) is 3.70. The molecule has 0 amide bonds.